The number of imide groups is 1. The van der Waals surface area contributed by atoms with Crippen molar-refractivity contribution < 1.29 is 24.4 Å². The molecule has 2 N–H and O–H groups in total. The molecule has 0 radical (unpaired) electrons. The van der Waals surface area contributed by atoms with Crippen molar-refractivity contribution in [1.82, 2.24) is 20.3 Å². The summed E-state index contributed by atoms with van der Waals surface area (Å²) in [5.41, 5.74) is 0.266. The Bertz CT molecular complexity index is 750. The van der Waals surface area contributed by atoms with Gasteiger partial charge in [-0.3, -0.25) is 34.7 Å². The van der Waals surface area contributed by atoms with E-state index in [0.29, 0.717) is 24.4 Å². The van der Waals surface area contributed by atoms with Crippen LogP contribution >= 0.6 is 0 Å². The number of hydrogen-bond acceptors (Lipinski definition) is 6. The zero-order chi connectivity index (χ0) is 20.8. The number of carbonyl (C=O) groups is 4. The summed E-state index contributed by atoms with van der Waals surface area (Å²) < 4.78 is 0. The first-order valence-electron chi connectivity index (χ1n) is 9.97. The molecule has 1 saturated heterocycles. The van der Waals surface area contributed by atoms with E-state index in [1.165, 1.54) is 17.3 Å². The fourth-order valence-corrected chi connectivity index (χ4v) is 4.31. The number of aromatic nitrogens is 1. The maximum Gasteiger partial charge on any atom is 0.259 e. The molecule has 2 aliphatic rings. The minimum absolute atomic E-state index is 0.0680. The Morgan fingerprint density at radius 2 is 2.03 bits per heavy atom. The van der Waals surface area contributed by atoms with Gasteiger partial charge in [0, 0.05) is 18.9 Å². The molecule has 0 bridgehead atoms. The van der Waals surface area contributed by atoms with E-state index in [9.17, 15) is 24.4 Å². The topological polar surface area (TPSA) is 120 Å². The van der Waals surface area contributed by atoms with E-state index in [4.69, 9.17) is 0 Å². The van der Waals surface area contributed by atoms with Crippen molar-refractivity contribution in [3.63, 3.8) is 0 Å². The lowest BCUT2D eigenvalue weighted by Gasteiger charge is -2.31. The van der Waals surface area contributed by atoms with E-state index in [-0.39, 0.29) is 30.3 Å². The van der Waals surface area contributed by atoms with Crippen molar-refractivity contribution in [2.75, 3.05) is 13.1 Å². The standard InChI is InChI=1S/C20H26N4O5/c25-13-23(29)12-16(14-5-1-2-6-14)20(28)24-10-4-8-17(24)19(27)22-18(26)15-7-3-9-21-11-15/h3,7,9,11,13-14,16-17,29H,1-2,4-6,8,10,12H2,(H,22,26,27)/t16?,17-/m0/s1. The van der Waals surface area contributed by atoms with Crippen LogP contribution in [-0.4, -0.2) is 63.4 Å². The number of rotatable bonds is 7. The SMILES string of the molecule is O=CN(O)CC(C(=O)N1CCC[C@H]1C(=O)NC(=O)c1cccnc1)C1CCCC1. The van der Waals surface area contributed by atoms with Gasteiger partial charge in [-0.1, -0.05) is 12.8 Å². The fraction of sp³-hybridized carbons (Fsp3) is 0.550. The highest BCUT2D eigenvalue weighted by Gasteiger charge is 2.41. The number of nitrogens with one attached hydrogen (secondary N) is 1. The number of likely N-dealkylation sites (tertiary alicyclic amines) is 1. The summed E-state index contributed by atoms with van der Waals surface area (Å²) >= 11 is 0. The third-order valence-corrected chi connectivity index (χ3v) is 5.79. The van der Waals surface area contributed by atoms with Crippen LogP contribution in [-0.2, 0) is 14.4 Å². The number of hydroxylamine groups is 2. The molecule has 9 nitrogen and oxygen atoms in total. The van der Waals surface area contributed by atoms with E-state index in [0.717, 1.165) is 25.7 Å². The van der Waals surface area contributed by atoms with Gasteiger partial charge in [-0.2, -0.15) is 0 Å². The molecule has 29 heavy (non-hydrogen) atoms. The van der Waals surface area contributed by atoms with E-state index >= 15 is 0 Å². The Morgan fingerprint density at radius 1 is 1.28 bits per heavy atom. The molecule has 1 aliphatic carbocycles. The summed E-state index contributed by atoms with van der Waals surface area (Å²) in [6.45, 7) is 0.320. The lowest BCUT2D eigenvalue weighted by Crippen LogP contribution is -2.51. The molecule has 1 aliphatic heterocycles. The molecule has 3 rings (SSSR count). The number of amides is 4. The third-order valence-electron chi connectivity index (χ3n) is 5.79. The van der Waals surface area contributed by atoms with Gasteiger partial charge in [0.15, 0.2) is 0 Å². The maximum atomic E-state index is 13.3. The molecule has 1 aromatic heterocycles. The molecule has 1 unspecified atom stereocenters. The van der Waals surface area contributed by atoms with Crippen LogP contribution in [0.15, 0.2) is 24.5 Å². The molecular weight excluding hydrogens is 376 g/mol. The van der Waals surface area contributed by atoms with E-state index < -0.39 is 23.8 Å². The predicted molar refractivity (Wildman–Crippen MR) is 101 cm³/mol. The van der Waals surface area contributed by atoms with Gasteiger partial charge < -0.3 is 4.90 Å². The third kappa shape index (κ3) is 4.97. The average molecular weight is 402 g/mol. The van der Waals surface area contributed by atoms with Crippen LogP contribution in [0.1, 0.15) is 48.9 Å². The first kappa shape index (κ1) is 20.9. The Morgan fingerprint density at radius 3 is 2.69 bits per heavy atom. The molecule has 0 spiro atoms. The monoisotopic (exact) mass is 402 g/mol. The van der Waals surface area contributed by atoms with Crippen LogP contribution in [0.2, 0.25) is 0 Å². The van der Waals surface area contributed by atoms with Crippen molar-refractivity contribution in [3.05, 3.63) is 30.1 Å². The summed E-state index contributed by atoms with van der Waals surface area (Å²) in [4.78, 5) is 54.4. The van der Waals surface area contributed by atoms with Crippen molar-refractivity contribution in [1.29, 1.82) is 0 Å². The minimum Gasteiger partial charge on any atom is -0.330 e. The Kier molecular flexibility index (Phi) is 6.92. The zero-order valence-corrected chi connectivity index (χ0v) is 16.2. The highest BCUT2D eigenvalue weighted by Crippen LogP contribution is 2.34. The van der Waals surface area contributed by atoms with Crippen LogP contribution in [0.4, 0.5) is 0 Å². The number of pyridine rings is 1. The van der Waals surface area contributed by atoms with Crippen molar-refractivity contribution in [2.24, 2.45) is 11.8 Å². The van der Waals surface area contributed by atoms with Crippen molar-refractivity contribution >= 4 is 24.1 Å². The molecule has 2 fully saturated rings. The van der Waals surface area contributed by atoms with Gasteiger partial charge in [-0.25, -0.2) is 5.06 Å². The minimum atomic E-state index is -0.740. The second kappa shape index (κ2) is 9.60. The van der Waals surface area contributed by atoms with Gasteiger partial charge in [-0.15, -0.1) is 0 Å². The smallest absolute Gasteiger partial charge is 0.259 e. The molecule has 1 aromatic rings. The maximum absolute atomic E-state index is 13.3. The zero-order valence-electron chi connectivity index (χ0n) is 16.2. The van der Waals surface area contributed by atoms with E-state index in [1.54, 1.807) is 12.1 Å². The molecular formula is C20H26N4O5. The molecule has 2 atom stereocenters. The largest absolute Gasteiger partial charge is 0.330 e. The van der Waals surface area contributed by atoms with Gasteiger partial charge in [0.1, 0.15) is 6.04 Å². The van der Waals surface area contributed by atoms with Gasteiger partial charge in [0.05, 0.1) is 18.0 Å². The Balaban J connectivity index is 1.70. The second-order valence-electron chi connectivity index (χ2n) is 7.63. The summed E-state index contributed by atoms with van der Waals surface area (Å²) in [6, 6.07) is 2.42. The van der Waals surface area contributed by atoms with Crippen molar-refractivity contribution in [3.8, 4) is 0 Å². The highest BCUT2D eigenvalue weighted by molar-refractivity contribution is 6.06. The number of hydrogen-bond donors (Lipinski definition) is 2. The lowest BCUT2D eigenvalue weighted by atomic mass is 9.89. The summed E-state index contributed by atoms with van der Waals surface area (Å²) in [5.74, 6) is -1.82. The summed E-state index contributed by atoms with van der Waals surface area (Å²) in [5, 5.41) is 12.5. The van der Waals surface area contributed by atoms with Crippen molar-refractivity contribution in [2.45, 2.75) is 44.6 Å². The molecule has 0 aromatic carbocycles. The molecule has 156 valence electrons. The predicted octanol–water partition coefficient (Wildman–Crippen LogP) is 0.983. The number of carbonyl (C=O) groups excluding carboxylic acids is 4. The van der Waals surface area contributed by atoms with Gasteiger partial charge in [0.25, 0.3) is 5.91 Å². The number of nitrogens with zero attached hydrogens (tertiary/aromatic N) is 3. The van der Waals surface area contributed by atoms with Crippen LogP contribution in [0, 0.1) is 11.8 Å². The van der Waals surface area contributed by atoms with Crippen LogP contribution < -0.4 is 5.32 Å². The van der Waals surface area contributed by atoms with E-state index in [1.807, 2.05) is 0 Å². The average Bonchev–Trinajstić information content (AvgIpc) is 3.44. The van der Waals surface area contributed by atoms with Gasteiger partial charge in [-0.05, 0) is 43.7 Å². The van der Waals surface area contributed by atoms with Gasteiger partial charge in [0.2, 0.25) is 18.2 Å². The van der Waals surface area contributed by atoms with Crippen LogP contribution in [0.5, 0.6) is 0 Å². The van der Waals surface area contributed by atoms with Crippen LogP contribution in [0.3, 0.4) is 0 Å². The van der Waals surface area contributed by atoms with Gasteiger partial charge >= 0.3 is 0 Å². The Labute approximate surface area is 169 Å². The fourth-order valence-electron chi connectivity index (χ4n) is 4.31. The first-order chi connectivity index (χ1) is 14.0. The molecule has 1 saturated carbocycles. The van der Waals surface area contributed by atoms with E-state index in [2.05, 4.69) is 10.3 Å². The summed E-state index contributed by atoms with van der Waals surface area (Å²) in [6.07, 6.45) is 8.02. The quantitative estimate of drug-likeness (QED) is 0.304. The lowest BCUT2D eigenvalue weighted by molar-refractivity contribution is -0.159. The molecule has 2 heterocycles. The Hall–Kier alpha value is -2.81. The molecule has 9 heteroatoms. The second-order valence-corrected chi connectivity index (χ2v) is 7.63. The summed E-state index contributed by atoms with van der Waals surface area (Å²) in [7, 11) is 0. The normalized spacial score (nSPS) is 20.3. The molecule has 4 amide bonds. The van der Waals surface area contributed by atoms with Crippen LogP contribution in [0.25, 0.3) is 0 Å². The first-order valence-corrected chi connectivity index (χ1v) is 9.97. The highest BCUT2D eigenvalue weighted by atomic mass is 16.5.